The van der Waals surface area contributed by atoms with Crippen LogP contribution < -0.4 is 5.73 Å². The van der Waals surface area contributed by atoms with Gasteiger partial charge in [-0.3, -0.25) is 0 Å². The summed E-state index contributed by atoms with van der Waals surface area (Å²) in [5.41, 5.74) is 5.64. The number of nitrogen functional groups attached to an aromatic ring is 1. The Labute approximate surface area is 101 Å². The fourth-order valence-corrected chi connectivity index (χ4v) is 2.94. The van der Waals surface area contributed by atoms with Crippen LogP contribution in [0, 0.1) is 5.82 Å². The smallest absolute Gasteiger partial charge is 0.245 e. The third-order valence-electron chi connectivity index (χ3n) is 2.84. The standard InChI is InChI=1S/C11H17FN2O2S/c1-4-8(2)14(3)17(15,16)11-7-9(12)5-6-10(11)13/h5-8H,4,13H2,1-3H3. The minimum absolute atomic E-state index is 0.0570. The van der Waals surface area contributed by atoms with Crippen LogP contribution in [0.4, 0.5) is 10.1 Å². The van der Waals surface area contributed by atoms with Gasteiger partial charge in [0, 0.05) is 13.1 Å². The molecule has 1 aromatic carbocycles. The Balaban J connectivity index is 3.26. The summed E-state index contributed by atoms with van der Waals surface area (Å²) in [5, 5.41) is 0. The molecule has 0 spiro atoms. The van der Waals surface area contributed by atoms with Crippen LogP contribution in [0.25, 0.3) is 0 Å². The second-order valence-corrected chi connectivity index (χ2v) is 5.93. The quantitative estimate of drug-likeness (QED) is 0.840. The van der Waals surface area contributed by atoms with Gasteiger partial charge in [0.05, 0.1) is 5.69 Å². The predicted octanol–water partition coefficient (Wildman–Crippen LogP) is 1.83. The Morgan fingerprint density at radius 2 is 2.06 bits per heavy atom. The van der Waals surface area contributed by atoms with E-state index >= 15 is 0 Å². The zero-order valence-electron chi connectivity index (χ0n) is 10.1. The normalized spacial score (nSPS) is 13.9. The zero-order valence-corrected chi connectivity index (χ0v) is 11.0. The van der Waals surface area contributed by atoms with E-state index in [4.69, 9.17) is 5.73 Å². The van der Waals surface area contributed by atoms with Crippen molar-refractivity contribution in [3.05, 3.63) is 24.0 Å². The molecule has 2 N–H and O–H groups in total. The largest absolute Gasteiger partial charge is 0.398 e. The molecule has 0 saturated heterocycles. The van der Waals surface area contributed by atoms with Crippen molar-refractivity contribution in [2.24, 2.45) is 0 Å². The summed E-state index contributed by atoms with van der Waals surface area (Å²) in [6.07, 6.45) is 0.672. The molecule has 1 unspecified atom stereocenters. The van der Waals surface area contributed by atoms with Gasteiger partial charge in [-0.1, -0.05) is 6.92 Å². The lowest BCUT2D eigenvalue weighted by Gasteiger charge is -2.23. The molecule has 0 heterocycles. The number of sulfonamides is 1. The molecule has 17 heavy (non-hydrogen) atoms. The van der Waals surface area contributed by atoms with Crippen molar-refractivity contribution in [3.63, 3.8) is 0 Å². The molecule has 0 aliphatic heterocycles. The highest BCUT2D eigenvalue weighted by Crippen LogP contribution is 2.24. The van der Waals surface area contributed by atoms with Gasteiger partial charge >= 0.3 is 0 Å². The average molecular weight is 260 g/mol. The van der Waals surface area contributed by atoms with Gasteiger partial charge in [0.2, 0.25) is 10.0 Å². The van der Waals surface area contributed by atoms with Gasteiger partial charge in [0.25, 0.3) is 0 Å². The lowest BCUT2D eigenvalue weighted by molar-refractivity contribution is 0.380. The SMILES string of the molecule is CCC(C)N(C)S(=O)(=O)c1cc(F)ccc1N. The van der Waals surface area contributed by atoms with Crippen LogP contribution in [0.3, 0.4) is 0 Å². The van der Waals surface area contributed by atoms with E-state index in [-0.39, 0.29) is 16.6 Å². The number of hydrogen-bond donors (Lipinski definition) is 1. The first-order chi connectivity index (χ1) is 7.80. The molecule has 1 aromatic rings. The van der Waals surface area contributed by atoms with Gasteiger partial charge in [-0.15, -0.1) is 0 Å². The first-order valence-electron chi connectivity index (χ1n) is 5.33. The number of halogens is 1. The Morgan fingerprint density at radius 3 is 2.59 bits per heavy atom. The summed E-state index contributed by atoms with van der Waals surface area (Å²) in [4.78, 5) is -0.180. The molecule has 0 bridgehead atoms. The summed E-state index contributed by atoms with van der Waals surface area (Å²) in [7, 11) is -2.27. The van der Waals surface area contributed by atoms with Crippen molar-refractivity contribution in [3.8, 4) is 0 Å². The van der Waals surface area contributed by atoms with Crippen LogP contribution in [-0.2, 0) is 10.0 Å². The molecule has 0 aliphatic rings. The number of rotatable bonds is 4. The number of anilines is 1. The summed E-state index contributed by atoms with van der Waals surface area (Å²) < 4.78 is 38.7. The van der Waals surface area contributed by atoms with Gasteiger partial charge in [-0.2, -0.15) is 4.31 Å². The molecule has 0 aliphatic carbocycles. The second-order valence-electron chi connectivity index (χ2n) is 3.96. The lowest BCUT2D eigenvalue weighted by Crippen LogP contribution is -2.35. The minimum atomic E-state index is -3.74. The minimum Gasteiger partial charge on any atom is -0.398 e. The third kappa shape index (κ3) is 2.76. The van der Waals surface area contributed by atoms with Crippen molar-refractivity contribution in [1.29, 1.82) is 0 Å². The van der Waals surface area contributed by atoms with Crippen LogP contribution in [0.5, 0.6) is 0 Å². The van der Waals surface area contributed by atoms with Crippen LogP contribution in [0.2, 0.25) is 0 Å². The number of nitrogens with zero attached hydrogens (tertiary/aromatic N) is 1. The van der Waals surface area contributed by atoms with E-state index < -0.39 is 15.8 Å². The van der Waals surface area contributed by atoms with E-state index in [9.17, 15) is 12.8 Å². The topological polar surface area (TPSA) is 63.4 Å². The van der Waals surface area contributed by atoms with Crippen LogP contribution >= 0.6 is 0 Å². The van der Waals surface area contributed by atoms with Crippen molar-refractivity contribution in [2.45, 2.75) is 31.2 Å². The Bertz CT molecular complexity index is 502. The maximum absolute atomic E-state index is 13.1. The van der Waals surface area contributed by atoms with Gasteiger partial charge < -0.3 is 5.73 Å². The second kappa shape index (κ2) is 5.01. The highest BCUT2D eigenvalue weighted by Gasteiger charge is 2.26. The van der Waals surface area contributed by atoms with Gasteiger partial charge in [0.15, 0.2) is 0 Å². The highest BCUT2D eigenvalue weighted by atomic mass is 32.2. The summed E-state index contributed by atoms with van der Waals surface area (Å²) in [6.45, 7) is 3.67. The summed E-state index contributed by atoms with van der Waals surface area (Å²) in [5.74, 6) is -0.615. The molecule has 0 aromatic heterocycles. The molecule has 96 valence electrons. The first kappa shape index (κ1) is 13.9. The number of hydrogen-bond acceptors (Lipinski definition) is 3. The van der Waals surface area contributed by atoms with Gasteiger partial charge in [-0.25, -0.2) is 12.8 Å². The lowest BCUT2D eigenvalue weighted by atomic mass is 10.3. The fourth-order valence-electron chi connectivity index (χ4n) is 1.38. The molecule has 6 heteroatoms. The van der Waals surface area contributed by atoms with Gasteiger partial charge in [0.1, 0.15) is 10.7 Å². The van der Waals surface area contributed by atoms with Crippen molar-refractivity contribution < 1.29 is 12.8 Å². The molecule has 0 radical (unpaired) electrons. The molecule has 0 amide bonds. The van der Waals surface area contributed by atoms with Gasteiger partial charge in [-0.05, 0) is 31.5 Å². The van der Waals surface area contributed by atoms with E-state index in [1.165, 1.54) is 17.4 Å². The number of benzene rings is 1. The predicted molar refractivity (Wildman–Crippen MR) is 65.5 cm³/mol. The van der Waals surface area contributed by atoms with Crippen LogP contribution in [0.15, 0.2) is 23.1 Å². The first-order valence-corrected chi connectivity index (χ1v) is 6.77. The zero-order chi connectivity index (χ0) is 13.2. The van der Waals surface area contributed by atoms with Crippen LogP contribution in [0.1, 0.15) is 20.3 Å². The Kier molecular flexibility index (Phi) is 4.11. The summed E-state index contributed by atoms with van der Waals surface area (Å²) in [6, 6.07) is 3.18. The monoisotopic (exact) mass is 260 g/mol. The number of nitrogens with two attached hydrogens (primary N) is 1. The fraction of sp³-hybridized carbons (Fsp3) is 0.455. The Morgan fingerprint density at radius 1 is 1.47 bits per heavy atom. The molecule has 0 saturated carbocycles. The molecular formula is C11H17FN2O2S. The molecule has 0 fully saturated rings. The van der Waals surface area contributed by atoms with Crippen LogP contribution in [-0.4, -0.2) is 25.8 Å². The average Bonchev–Trinajstić information content (AvgIpc) is 2.30. The Hall–Kier alpha value is -1.14. The molecular weight excluding hydrogens is 243 g/mol. The van der Waals surface area contributed by atoms with E-state index in [1.54, 1.807) is 6.92 Å². The maximum atomic E-state index is 13.1. The molecule has 1 atom stereocenters. The van der Waals surface area contributed by atoms with Crippen molar-refractivity contribution in [2.75, 3.05) is 12.8 Å². The molecule has 4 nitrogen and oxygen atoms in total. The van der Waals surface area contributed by atoms with E-state index in [1.807, 2.05) is 6.92 Å². The van der Waals surface area contributed by atoms with Crippen molar-refractivity contribution in [1.82, 2.24) is 4.31 Å². The summed E-state index contributed by atoms with van der Waals surface area (Å²) >= 11 is 0. The maximum Gasteiger partial charge on any atom is 0.245 e. The van der Waals surface area contributed by atoms with E-state index in [2.05, 4.69) is 0 Å². The van der Waals surface area contributed by atoms with E-state index in [0.717, 1.165) is 12.1 Å². The van der Waals surface area contributed by atoms with Crippen molar-refractivity contribution >= 4 is 15.7 Å². The van der Waals surface area contributed by atoms with E-state index in [0.29, 0.717) is 6.42 Å². The molecule has 1 rings (SSSR count). The third-order valence-corrected chi connectivity index (χ3v) is 4.87. The highest BCUT2D eigenvalue weighted by molar-refractivity contribution is 7.89.